The molecule has 0 heterocycles. The Kier molecular flexibility index (Phi) is 4.90. The third kappa shape index (κ3) is 3.32. The van der Waals surface area contributed by atoms with Crippen molar-refractivity contribution in [3.63, 3.8) is 0 Å². The Labute approximate surface area is 136 Å². The zero-order valence-electron chi connectivity index (χ0n) is 11.4. The largest absolute Gasteiger partial charge is 0.505 e. The highest BCUT2D eigenvalue weighted by Gasteiger charge is 2.17. The van der Waals surface area contributed by atoms with Crippen molar-refractivity contribution in [2.75, 3.05) is 12.4 Å². The van der Waals surface area contributed by atoms with Crippen molar-refractivity contribution >= 4 is 40.8 Å². The molecule has 0 spiro atoms. The van der Waals surface area contributed by atoms with Gasteiger partial charge in [-0.2, -0.15) is 0 Å². The summed E-state index contributed by atoms with van der Waals surface area (Å²) in [5.41, 5.74) is 0.151. The molecule has 0 aliphatic heterocycles. The van der Waals surface area contributed by atoms with Gasteiger partial charge in [-0.3, -0.25) is 4.79 Å². The number of benzene rings is 2. The van der Waals surface area contributed by atoms with Crippen LogP contribution in [-0.4, -0.2) is 24.1 Å². The molecule has 0 aromatic heterocycles. The van der Waals surface area contributed by atoms with Gasteiger partial charge < -0.3 is 15.2 Å². The molecule has 22 heavy (non-hydrogen) atoms. The number of anilines is 1. The van der Waals surface area contributed by atoms with Gasteiger partial charge in [-0.25, -0.2) is 4.79 Å². The molecule has 0 saturated carbocycles. The second kappa shape index (κ2) is 6.68. The summed E-state index contributed by atoms with van der Waals surface area (Å²) < 4.78 is 4.55. The molecule has 2 aromatic rings. The smallest absolute Gasteiger partial charge is 0.341 e. The fourth-order valence-corrected chi connectivity index (χ4v) is 2.16. The van der Waals surface area contributed by atoms with Crippen LogP contribution in [0.3, 0.4) is 0 Å². The molecule has 114 valence electrons. The van der Waals surface area contributed by atoms with Gasteiger partial charge >= 0.3 is 5.97 Å². The third-order valence-electron chi connectivity index (χ3n) is 2.86. The minimum absolute atomic E-state index is 0.0579. The molecule has 1 amide bonds. The van der Waals surface area contributed by atoms with Crippen LogP contribution in [0.15, 0.2) is 36.4 Å². The first-order valence-corrected chi connectivity index (χ1v) is 6.86. The number of amides is 1. The van der Waals surface area contributed by atoms with E-state index in [1.807, 2.05) is 0 Å². The molecule has 2 N–H and O–H groups in total. The minimum atomic E-state index is -0.714. The summed E-state index contributed by atoms with van der Waals surface area (Å²) in [7, 11) is 1.19. The van der Waals surface area contributed by atoms with E-state index in [0.29, 0.717) is 5.02 Å². The number of methoxy groups -OCH3 is 1. The number of carbonyl (C=O) groups excluding carboxylic acids is 2. The van der Waals surface area contributed by atoms with E-state index in [4.69, 9.17) is 23.2 Å². The maximum Gasteiger partial charge on any atom is 0.341 e. The van der Waals surface area contributed by atoms with Gasteiger partial charge in [0.05, 0.1) is 23.4 Å². The number of phenols is 1. The average molecular weight is 340 g/mol. The van der Waals surface area contributed by atoms with Crippen molar-refractivity contribution in [3.05, 3.63) is 57.6 Å². The van der Waals surface area contributed by atoms with Crippen molar-refractivity contribution in [2.24, 2.45) is 0 Å². The van der Waals surface area contributed by atoms with Gasteiger partial charge in [0.2, 0.25) is 0 Å². The first kappa shape index (κ1) is 16.1. The second-order valence-electron chi connectivity index (χ2n) is 4.27. The van der Waals surface area contributed by atoms with Crippen LogP contribution in [0.5, 0.6) is 5.75 Å². The molecule has 0 aliphatic rings. The number of rotatable bonds is 3. The Morgan fingerprint density at radius 3 is 2.55 bits per heavy atom. The molecule has 0 radical (unpaired) electrons. The van der Waals surface area contributed by atoms with Crippen LogP contribution in [0.2, 0.25) is 10.0 Å². The molecule has 5 nitrogen and oxygen atoms in total. The predicted octanol–water partition coefficient (Wildman–Crippen LogP) is 3.74. The van der Waals surface area contributed by atoms with Crippen molar-refractivity contribution in [3.8, 4) is 5.75 Å². The van der Waals surface area contributed by atoms with Gasteiger partial charge in [-0.1, -0.05) is 29.3 Å². The SMILES string of the molecule is COC(=O)c1cccc(NC(=O)c2cc(Cl)ccc2Cl)c1O. The van der Waals surface area contributed by atoms with E-state index in [1.54, 1.807) is 6.07 Å². The summed E-state index contributed by atoms with van der Waals surface area (Å²) in [6.45, 7) is 0. The van der Waals surface area contributed by atoms with Crippen LogP contribution in [0.1, 0.15) is 20.7 Å². The van der Waals surface area contributed by atoms with Crippen LogP contribution in [-0.2, 0) is 4.74 Å². The summed E-state index contributed by atoms with van der Waals surface area (Å²) in [5.74, 6) is -1.67. The van der Waals surface area contributed by atoms with E-state index in [0.717, 1.165) is 0 Å². The predicted molar refractivity (Wildman–Crippen MR) is 83.9 cm³/mol. The van der Waals surface area contributed by atoms with E-state index in [9.17, 15) is 14.7 Å². The number of hydrogen-bond donors (Lipinski definition) is 2. The summed E-state index contributed by atoms with van der Waals surface area (Å²) in [4.78, 5) is 23.7. The molecule has 0 bridgehead atoms. The molecule has 7 heteroatoms. The molecule has 0 saturated heterocycles. The Hall–Kier alpha value is -2.24. The van der Waals surface area contributed by atoms with Crippen LogP contribution >= 0.6 is 23.2 Å². The van der Waals surface area contributed by atoms with Gasteiger partial charge in [0.1, 0.15) is 5.56 Å². The molecule has 2 aromatic carbocycles. The number of esters is 1. The first-order chi connectivity index (χ1) is 10.4. The number of halogens is 2. The maximum absolute atomic E-state index is 12.2. The summed E-state index contributed by atoms with van der Waals surface area (Å²) in [6.07, 6.45) is 0. The van der Waals surface area contributed by atoms with E-state index >= 15 is 0 Å². The van der Waals surface area contributed by atoms with Crippen LogP contribution in [0, 0.1) is 0 Å². The van der Waals surface area contributed by atoms with Crippen LogP contribution in [0.4, 0.5) is 5.69 Å². The molecule has 2 rings (SSSR count). The highest BCUT2D eigenvalue weighted by molar-refractivity contribution is 6.36. The van der Waals surface area contributed by atoms with Gasteiger partial charge in [0.15, 0.2) is 5.75 Å². The highest BCUT2D eigenvalue weighted by Crippen LogP contribution is 2.29. The minimum Gasteiger partial charge on any atom is -0.505 e. The van der Waals surface area contributed by atoms with Gasteiger partial charge in [-0.05, 0) is 30.3 Å². The van der Waals surface area contributed by atoms with E-state index in [1.165, 1.54) is 37.4 Å². The lowest BCUT2D eigenvalue weighted by atomic mass is 10.1. The number of para-hydroxylation sites is 1. The third-order valence-corrected chi connectivity index (χ3v) is 3.43. The van der Waals surface area contributed by atoms with Gasteiger partial charge in [-0.15, -0.1) is 0 Å². The Bertz CT molecular complexity index is 746. The zero-order chi connectivity index (χ0) is 16.3. The van der Waals surface area contributed by atoms with Gasteiger partial charge in [0, 0.05) is 5.02 Å². The lowest BCUT2D eigenvalue weighted by Gasteiger charge is -2.11. The molecule has 0 unspecified atom stereocenters. The average Bonchev–Trinajstić information content (AvgIpc) is 2.51. The van der Waals surface area contributed by atoms with Crippen LogP contribution in [0.25, 0.3) is 0 Å². The molecule has 0 aliphatic carbocycles. The number of carbonyl (C=O) groups is 2. The molecular formula is C15H11Cl2NO4. The lowest BCUT2D eigenvalue weighted by molar-refractivity contribution is 0.0597. The molecule has 0 fully saturated rings. The Balaban J connectivity index is 2.33. The van der Waals surface area contributed by atoms with Crippen molar-refractivity contribution in [2.45, 2.75) is 0 Å². The topological polar surface area (TPSA) is 75.6 Å². The zero-order valence-corrected chi connectivity index (χ0v) is 12.9. The first-order valence-electron chi connectivity index (χ1n) is 6.10. The lowest BCUT2D eigenvalue weighted by Crippen LogP contribution is -2.13. The number of ether oxygens (including phenoxy) is 1. The quantitative estimate of drug-likeness (QED) is 0.659. The fourth-order valence-electron chi connectivity index (χ4n) is 1.78. The summed E-state index contributed by atoms with van der Waals surface area (Å²) >= 11 is 11.8. The number of phenolic OH excluding ortho intramolecular Hbond substituents is 1. The van der Waals surface area contributed by atoms with Crippen LogP contribution < -0.4 is 5.32 Å². The summed E-state index contributed by atoms with van der Waals surface area (Å²) in [5, 5.41) is 13.1. The monoisotopic (exact) mass is 339 g/mol. The van der Waals surface area contributed by atoms with E-state index in [2.05, 4.69) is 10.1 Å². The molecular weight excluding hydrogens is 329 g/mol. The number of hydrogen-bond acceptors (Lipinski definition) is 4. The van der Waals surface area contributed by atoms with Crippen molar-refractivity contribution in [1.29, 1.82) is 0 Å². The maximum atomic E-state index is 12.2. The summed E-state index contributed by atoms with van der Waals surface area (Å²) in [6, 6.07) is 8.77. The van der Waals surface area contributed by atoms with Crippen molar-refractivity contribution in [1.82, 2.24) is 0 Å². The standard InChI is InChI=1S/C15H11Cl2NO4/c1-22-15(21)9-3-2-4-12(13(9)19)18-14(20)10-7-8(16)5-6-11(10)17/h2-7,19H,1H3,(H,18,20). The van der Waals surface area contributed by atoms with Crippen molar-refractivity contribution < 1.29 is 19.4 Å². The second-order valence-corrected chi connectivity index (χ2v) is 5.12. The fraction of sp³-hybridized carbons (Fsp3) is 0.0667. The normalized spacial score (nSPS) is 10.1. The number of nitrogens with one attached hydrogen (secondary N) is 1. The Morgan fingerprint density at radius 1 is 1.14 bits per heavy atom. The number of aromatic hydroxyl groups is 1. The van der Waals surface area contributed by atoms with Gasteiger partial charge in [0.25, 0.3) is 5.91 Å². The molecule has 0 atom stereocenters. The Morgan fingerprint density at radius 2 is 1.86 bits per heavy atom. The highest BCUT2D eigenvalue weighted by atomic mass is 35.5. The van der Waals surface area contributed by atoms with E-state index in [-0.39, 0.29) is 27.6 Å². The van der Waals surface area contributed by atoms with E-state index < -0.39 is 11.9 Å².